The molecule has 0 saturated heterocycles. The second-order valence-electron chi connectivity index (χ2n) is 6.28. The van der Waals surface area contributed by atoms with Gasteiger partial charge in [-0.1, -0.05) is 32.6 Å². The highest BCUT2D eigenvalue weighted by molar-refractivity contribution is 7.89. The Kier molecular flexibility index (Phi) is 6.18. The first kappa shape index (κ1) is 19.4. The summed E-state index contributed by atoms with van der Waals surface area (Å²) in [5.41, 5.74) is -1.01. The molecule has 0 aliphatic heterocycles. The van der Waals surface area contributed by atoms with E-state index in [0.29, 0.717) is 12.8 Å². The molecule has 0 heterocycles. The molecular formula is C17H24N2O5S. The standard InChI is InChI=1S/C17H24N2O5S/c1-2-18-25(23,24)14-9-7-13(8-10-14)15(20)19-17(16(21)22)11-5-3-4-6-12-17/h7-10,18H,2-6,11-12H2,1H3,(H,19,20)(H,21,22). The van der Waals surface area contributed by atoms with E-state index in [4.69, 9.17) is 0 Å². The van der Waals surface area contributed by atoms with Crippen LogP contribution < -0.4 is 10.0 Å². The average molecular weight is 368 g/mol. The monoisotopic (exact) mass is 368 g/mol. The van der Waals surface area contributed by atoms with E-state index < -0.39 is 27.4 Å². The predicted octanol–water partition coefficient (Wildman–Crippen LogP) is 1.89. The number of amides is 1. The first-order valence-electron chi connectivity index (χ1n) is 8.46. The number of carboxylic acid groups (broad SMARTS) is 1. The molecule has 8 heteroatoms. The molecule has 1 aliphatic carbocycles. The molecule has 1 fully saturated rings. The molecule has 3 N–H and O–H groups in total. The Morgan fingerprint density at radius 3 is 2.12 bits per heavy atom. The molecule has 2 rings (SSSR count). The topological polar surface area (TPSA) is 113 Å². The maximum Gasteiger partial charge on any atom is 0.329 e. The van der Waals surface area contributed by atoms with Gasteiger partial charge in [-0.15, -0.1) is 0 Å². The average Bonchev–Trinajstić information content (AvgIpc) is 2.81. The Bertz CT molecular complexity index is 720. The Morgan fingerprint density at radius 2 is 1.64 bits per heavy atom. The number of aliphatic carboxylic acids is 1. The molecule has 1 aromatic carbocycles. The first-order valence-corrected chi connectivity index (χ1v) is 9.95. The molecule has 0 spiro atoms. The summed E-state index contributed by atoms with van der Waals surface area (Å²) in [6.45, 7) is 1.95. The predicted molar refractivity (Wildman–Crippen MR) is 92.8 cm³/mol. The fraction of sp³-hybridized carbons (Fsp3) is 0.529. The van der Waals surface area contributed by atoms with Crippen molar-refractivity contribution in [2.75, 3.05) is 6.54 Å². The van der Waals surface area contributed by atoms with Crippen LogP contribution in [-0.2, 0) is 14.8 Å². The van der Waals surface area contributed by atoms with Gasteiger partial charge in [0, 0.05) is 12.1 Å². The molecule has 1 amide bonds. The van der Waals surface area contributed by atoms with Crippen LogP contribution in [0.15, 0.2) is 29.2 Å². The lowest BCUT2D eigenvalue weighted by Crippen LogP contribution is -2.54. The lowest BCUT2D eigenvalue weighted by molar-refractivity contribution is -0.145. The number of carbonyl (C=O) groups excluding carboxylic acids is 1. The summed E-state index contributed by atoms with van der Waals surface area (Å²) in [4.78, 5) is 24.3. The second kappa shape index (κ2) is 7.97. The highest BCUT2D eigenvalue weighted by atomic mass is 32.2. The van der Waals surface area contributed by atoms with E-state index in [1.807, 2.05) is 0 Å². The van der Waals surface area contributed by atoms with Gasteiger partial charge in [-0.2, -0.15) is 0 Å². The molecule has 1 aliphatic rings. The summed E-state index contributed by atoms with van der Waals surface area (Å²) in [6, 6.07) is 5.47. The van der Waals surface area contributed by atoms with Crippen LogP contribution >= 0.6 is 0 Å². The van der Waals surface area contributed by atoms with Crippen LogP contribution in [0.5, 0.6) is 0 Å². The molecule has 0 aromatic heterocycles. The maximum absolute atomic E-state index is 12.5. The molecule has 0 atom stereocenters. The number of nitrogens with one attached hydrogen (secondary N) is 2. The summed E-state index contributed by atoms with van der Waals surface area (Å²) in [5.74, 6) is -1.52. The van der Waals surface area contributed by atoms with Gasteiger partial charge >= 0.3 is 5.97 Å². The van der Waals surface area contributed by atoms with Gasteiger partial charge in [-0.05, 0) is 37.1 Å². The fourth-order valence-electron chi connectivity index (χ4n) is 3.07. The van der Waals surface area contributed by atoms with Gasteiger partial charge in [0.25, 0.3) is 5.91 Å². The molecule has 1 aromatic rings. The lowest BCUT2D eigenvalue weighted by Gasteiger charge is -2.29. The molecule has 138 valence electrons. The molecule has 7 nitrogen and oxygen atoms in total. The van der Waals surface area contributed by atoms with Gasteiger partial charge in [-0.25, -0.2) is 17.9 Å². The van der Waals surface area contributed by atoms with Crippen molar-refractivity contribution in [2.24, 2.45) is 0 Å². The minimum atomic E-state index is -3.59. The van der Waals surface area contributed by atoms with E-state index >= 15 is 0 Å². The lowest BCUT2D eigenvalue weighted by atomic mass is 9.90. The summed E-state index contributed by atoms with van der Waals surface area (Å²) in [6.07, 6.45) is 4.24. The van der Waals surface area contributed by atoms with Crippen LogP contribution in [0.4, 0.5) is 0 Å². The third-order valence-corrected chi connectivity index (χ3v) is 6.04. The summed E-state index contributed by atoms with van der Waals surface area (Å²) < 4.78 is 26.2. The van der Waals surface area contributed by atoms with Crippen molar-refractivity contribution in [1.82, 2.24) is 10.0 Å². The zero-order chi connectivity index (χ0) is 18.5. The fourth-order valence-corrected chi connectivity index (χ4v) is 4.11. The van der Waals surface area contributed by atoms with Crippen LogP contribution in [0, 0.1) is 0 Å². The van der Waals surface area contributed by atoms with Crippen molar-refractivity contribution in [3.05, 3.63) is 29.8 Å². The largest absolute Gasteiger partial charge is 0.480 e. The van der Waals surface area contributed by atoms with Crippen molar-refractivity contribution in [3.63, 3.8) is 0 Å². The third kappa shape index (κ3) is 4.58. The number of rotatable bonds is 6. The molecular weight excluding hydrogens is 344 g/mol. The first-order chi connectivity index (χ1) is 11.8. The van der Waals surface area contributed by atoms with Crippen LogP contribution in [-0.4, -0.2) is 37.5 Å². The Morgan fingerprint density at radius 1 is 1.08 bits per heavy atom. The second-order valence-corrected chi connectivity index (χ2v) is 8.05. The van der Waals surface area contributed by atoms with Crippen LogP contribution in [0.3, 0.4) is 0 Å². The van der Waals surface area contributed by atoms with Crippen molar-refractivity contribution >= 4 is 21.9 Å². The number of benzene rings is 1. The minimum absolute atomic E-state index is 0.0633. The third-order valence-electron chi connectivity index (χ3n) is 4.48. The number of hydrogen-bond acceptors (Lipinski definition) is 4. The number of sulfonamides is 1. The molecule has 0 radical (unpaired) electrons. The van der Waals surface area contributed by atoms with Crippen molar-refractivity contribution in [3.8, 4) is 0 Å². The van der Waals surface area contributed by atoms with Crippen LogP contribution in [0.25, 0.3) is 0 Å². The van der Waals surface area contributed by atoms with Crippen molar-refractivity contribution in [2.45, 2.75) is 55.9 Å². The highest BCUT2D eigenvalue weighted by Crippen LogP contribution is 2.28. The van der Waals surface area contributed by atoms with Gasteiger partial charge in [0.1, 0.15) is 5.54 Å². The van der Waals surface area contributed by atoms with E-state index in [9.17, 15) is 23.1 Å². The Hall–Kier alpha value is -1.93. The van der Waals surface area contributed by atoms with E-state index in [2.05, 4.69) is 10.0 Å². The van der Waals surface area contributed by atoms with E-state index in [-0.39, 0.29) is 17.0 Å². The van der Waals surface area contributed by atoms with Crippen molar-refractivity contribution < 1.29 is 23.1 Å². The van der Waals surface area contributed by atoms with E-state index in [1.165, 1.54) is 24.3 Å². The van der Waals surface area contributed by atoms with Crippen molar-refractivity contribution in [1.29, 1.82) is 0 Å². The maximum atomic E-state index is 12.5. The van der Waals surface area contributed by atoms with Gasteiger partial charge < -0.3 is 10.4 Å². The van der Waals surface area contributed by atoms with Crippen LogP contribution in [0.2, 0.25) is 0 Å². The Labute approximate surface area is 147 Å². The quantitative estimate of drug-likeness (QED) is 0.664. The molecule has 1 saturated carbocycles. The Balaban J connectivity index is 2.18. The van der Waals surface area contributed by atoms with Gasteiger partial charge in [0.15, 0.2) is 0 Å². The highest BCUT2D eigenvalue weighted by Gasteiger charge is 2.40. The zero-order valence-corrected chi connectivity index (χ0v) is 15.1. The number of carboxylic acids is 1. The van der Waals surface area contributed by atoms with Crippen LogP contribution in [0.1, 0.15) is 55.8 Å². The van der Waals surface area contributed by atoms with Gasteiger partial charge in [0.2, 0.25) is 10.0 Å². The minimum Gasteiger partial charge on any atom is -0.480 e. The summed E-state index contributed by atoms with van der Waals surface area (Å²) in [5, 5.41) is 12.3. The number of carbonyl (C=O) groups is 2. The summed E-state index contributed by atoms with van der Waals surface area (Å²) in [7, 11) is -3.59. The molecule has 0 bridgehead atoms. The smallest absolute Gasteiger partial charge is 0.329 e. The number of hydrogen-bond donors (Lipinski definition) is 3. The van der Waals surface area contributed by atoms with E-state index in [0.717, 1.165) is 25.7 Å². The zero-order valence-electron chi connectivity index (χ0n) is 14.2. The van der Waals surface area contributed by atoms with Gasteiger partial charge in [-0.3, -0.25) is 4.79 Å². The summed E-state index contributed by atoms with van der Waals surface area (Å²) >= 11 is 0. The molecule has 25 heavy (non-hydrogen) atoms. The van der Waals surface area contributed by atoms with E-state index in [1.54, 1.807) is 6.92 Å². The SMILES string of the molecule is CCNS(=O)(=O)c1ccc(C(=O)NC2(C(=O)O)CCCCCC2)cc1. The molecule has 0 unspecified atom stereocenters. The van der Waals surface area contributed by atoms with Gasteiger partial charge in [0.05, 0.1) is 4.90 Å². The normalized spacial score (nSPS) is 17.5.